The number of amides is 1. The highest BCUT2D eigenvalue weighted by Gasteiger charge is 2.10. The number of pyridine rings is 1. The van der Waals surface area contributed by atoms with Gasteiger partial charge in [-0.15, -0.1) is 0 Å². The molecular formula is C14H13FN2O2. The molecule has 1 aromatic carbocycles. The van der Waals surface area contributed by atoms with Crippen LogP contribution < -0.4 is 10.1 Å². The maximum absolute atomic E-state index is 13.6. The maximum atomic E-state index is 13.6. The van der Waals surface area contributed by atoms with Gasteiger partial charge in [-0.3, -0.25) is 4.79 Å². The van der Waals surface area contributed by atoms with E-state index in [-0.39, 0.29) is 5.69 Å². The highest BCUT2D eigenvalue weighted by Crippen LogP contribution is 2.16. The van der Waals surface area contributed by atoms with Gasteiger partial charge in [-0.25, -0.2) is 9.37 Å². The average molecular weight is 260 g/mol. The monoisotopic (exact) mass is 260 g/mol. The third kappa shape index (κ3) is 3.07. The molecule has 0 spiro atoms. The molecule has 98 valence electrons. The van der Waals surface area contributed by atoms with Crippen LogP contribution in [0.5, 0.6) is 5.88 Å². The molecular weight excluding hydrogens is 247 g/mol. The van der Waals surface area contributed by atoms with Crippen LogP contribution in [0.3, 0.4) is 0 Å². The number of carbonyl (C=O) groups is 1. The predicted octanol–water partition coefficient (Wildman–Crippen LogP) is 2.79. The Labute approximate surface area is 110 Å². The number of benzene rings is 1. The molecule has 0 aliphatic carbocycles. The summed E-state index contributed by atoms with van der Waals surface area (Å²) in [5.41, 5.74) is 1.27. The number of nitrogens with one attached hydrogen (secondary N) is 1. The van der Waals surface area contributed by atoms with Gasteiger partial charge in [0.05, 0.1) is 18.4 Å². The van der Waals surface area contributed by atoms with Gasteiger partial charge in [0.2, 0.25) is 5.88 Å². The summed E-state index contributed by atoms with van der Waals surface area (Å²) in [7, 11) is 1.49. The van der Waals surface area contributed by atoms with Crippen molar-refractivity contribution in [2.24, 2.45) is 0 Å². The zero-order valence-corrected chi connectivity index (χ0v) is 10.6. The summed E-state index contributed by atoms with van der Waals surface area (Å²) in [6, 6.07) is 7.75. The molecule has 0 saturated carbocycles. The zero-order chi connectivity index (χ0) is 13.8. The topological polar surface area (TPSA) is 51.2 Å². The standard InChI is InChI=1S/C14H13FN2O2/c1-9-3-5-12(11(15)7-9)17-14(18)10-4-6-13(19-2)16-8-10/h3-8H,1-2H3,(H,17,18). The van der Waals surface area contributed by atoms with Gasteiger partial charge in [0.25, 0.3) is 5.91 Å². The lowest BCUT2D eigenvalue weighted by molar-refractivity contribution is 0.102. The summed E-state index contributed by atoms with van der Waals surface area (Å²) >= 11 is 0. The van der Waals surface area contributed by atoms with Crippen molar-refractivity contribution in [2.45, 2.75) is 6.92 Å². The van der Waals surface area contributed by atoms with E-state index in [1.54, 1.807) is 25.1 Å². The van der Waals surface area contributed by atoms with Gasteiger partial charge in [-0.1, -0.05) is 6.07 Å². The number of anilines is 1. The molecule has 0 atom stereocenters. The molecule has 1 amide bonds. The minimum absolute atomic E-state index is 0.145. The van der Waals surface area contributed by atoms with Crippen LogP contribution in [-0.4, -0.2) is 18.0 Å². The lowest BCUT2D eigenvalue weighted by atomic mass is 10.2. The Kier molecular flexibility index (Phi) is 3.75. The van der Waals surface area contributed by atoms with E-state index in [1.807, 2.05) is 0 Å². The van der Waals surface area contributed by atoms with Crippen LogP contribution in [-0.2, 0) is 0 Å². The molecule has 0 unspecified atom stereocenters. The number of ether oxygens (including phenoxy) is 1. The number of rotatable bonds is 3. The lowest BCUT2D eigenvalue weighted by Crippen LogP contribution is -2.13. The molecule has 0 aliphatic heterocycles. The third-order valence-corrected chi connectivity index (χ3v) is 2.58. The molecule has 0 fully saturated rings. The number of hydrogen-bond donors (Lipinski definition) is 1. The molecule has 1 heterocycles. The Morgan fingerprint density at radius 3 is 2.68 bits per heavy atom. The van der Waals surface area contributed by atoms with E-state index in [1.165, 1.54) is 25.4 Å². The number of carbonyl (C=O) groups excluding carboxylic acids is 1. The van der Waals surface area contributed by atoms with Crippen LogP contribution in [0.4, 0.5) is 10.1 Å². The first kappa shape index (κ1) is 13.0. The van der Waals surface area contributed by atoms with Crippen LogP contribution in [0.1, 0.15) is 15.9 Å². The van der Waals surface area contributed by atoms with Gasteiger partial charge >= 0.3 is 0 Å². The number of aromatic nitrogens is 1. The summed E-state index contributed by atoms with van der Waals surface area (Å²) in [5, 5.41) is 2.50. The Bertz CT molecular complexity index is 597. The average Bonchev–Trinajstić information content (AvgIpc) is 2.42. The second-order valence-electron chi connectivity index (χ2n) is 4.03. The van der Waals surface area contributed by atoms with Crippen molar-refractivity contribution >= 4 is 11.6 Å². The van der Waals surface area contributed by atoms with Gasteiger partial charge in [0.15, 0.2) is 0 Å². The fourth-order valence-corrected chi connectivity index (χ4v) is 1.55. The fraction of sp³-hybridized carbons (Fsp3) is 0.143. The Balaban J connectivity index is 2.15. The Morgan fingerprint density at radius 1 is 1.32 bits per heavy atom. The van der Waals surface area contributed by atoms with Gasteiger partial charge < -0.3 is 10.1 Å². The van der Waals surface area contributed by atoms with E-state index in [2.05, 4.69) is 10.3 Å². The van der Waals surface area contributed by atoms with E-state index in [0.29, 0.717) is 11.4 Å². The molecule has 4 nitrogen and oxygen atoms in total. The number of methoxy groups -OCH3 is 1. The summed E-state index contributed by atoms with van der Waals surface area (Å²) < 4.78 is 18.5. The Morgan fingerprint density at radius 2 is 2.11 bits per heavy atom. The van der Waals surface area contributed by atoms with Gasteiger partial charge in [-0.05, 0) is 30.7 Å². The minimum atomic E-state index is -0.463. The normalized spacial score (nSPS) is 10.1. The second-order valence-corrected chi connectivity index (χ2v) is 4.03. The molecule has 2 rings (SSSR count). The number of halogens is 1. The highest BCUT2D eigenvalue weighted by atomic mass is 19.1. The van der Waals surface area contributed by atoms with E-state index in [9.17, 15) is 9.18 Å². The number of aryl methyl sites for hydroxylation is 1. The second kappa shape index (κ2) is 5.48. The molecule has 0 saturated heterocycles. The first-order chi connectivity index (χ1) is 9.10. The number of nitrogens with zero attached hydrogens (tertiary/aromatic N) is 1. The van der Waals surface area contributed by atoms with Gasteiger partial charge in [0, 0.05) is 12.3 Å². The van der Waals surface area contributed by atoms with E-state index < -0.39 is 11.7 Å². The van der Waals surface area contributed by atoms with Crippen molar-refractivity contribution < 1.29 is 13.9 Å². The van der Waals surface area contributed by atoms with Crippen molar-refractivity contribution in [2.75, 3.05) is 12.4 Å². The number of hydrogen-bond acceptors (Lipinski definition) is 3. The largest absolute Gasteiger partial charge is 0.481 e. The van der Waals surface area contributed by atoms with Crippen LogP contribution in [0, 0.1) is 12.7 Å². The molecule has 1 N–H and O–H groups in total. The SMILES string of the molecule is COc1ccc(C(=O)Nc2ccc(C)cc2F)cn1. The smallest absolute Gasteiger partial charge is 0.257 e. The Hall–Kier alpha value is -2.43. The molecule has 19 heavy (non-hydrogen) atoms. The molecule has 0 bridgehead atoms. The summed E-state index contributed by atoms with van der Waals surface area (Å²) in [6.07, 6.45) is 1.38. The summed E-state index contributed by atoms with van der Waals surface area (Å²) in [4.78, 5) is 15.8. The minimum Gasteiger partial charge on any atom is -0.481 e. The van der Waals surface area contributed by atoms with Crippen molar-refractivity contribution in [1.29, 1.82) is 0 Å². The lowest BCUT2D eigenvalue weighted by Gasteiger charge is -2.07. The first-order valence-corrected chi connectivity index (χ1v) is 5.67. The molecule has 0 aliphatic rings. The van der Waals surface area contributed by atoms with E-state index in [0.717, 1.165) is 5.56 Å². The molecule has 0 radical (unpaired) electrons. The summed E-state index contributed by atoms with van der Waals surface area (Å²) in [6.45, 7) is 1.78. The quantitative estimate of drug-likeness (QED) is 0.923. The summed E-state index contributed by atoms with van der Waals surface area (Å²) in [5.74, 6) is -0.467. The first-order valence-electron chi connectivity index (χ1n) is 5.67. The van der Waals surface area contributed by atoms with E-state index >= 15 is 0 Å². The van der Waals surface area contributed by atoms with Crippen molar-refractivity contribution in [1.82, 2.24) is 4.98 Å². The van der Waals surface area contributed by atoms with Gasteiger partial charge in [-0.2, -0.15) is 0 Å². The maximum Gasteiger partial charge on any atom is 0.257 e. The highest BCUT2D eigenvalue weighted by molar-refractivity contribution is 6.04. The molecule has 1 aromatic heterocycles. The van der Waals surface area contributed by atoms with Crippen LogP contribution in [0.2, 0.25) is 0 Å². The zero-order valence-electron chi connectivity index (χ0n) is 10.6. The van der Waals surface area contributed by atoms with Gasteiger partial charge in [0.1, 0.15) is 5.82 Å². The predicted molar refractivity (Wildman–Crippen MR) is 69.9 cm³/mol. The van der Waals surface area contributed by atoms with Crippen molar-refractivity contribution in [3.8, 4) is 5.88 Å². The van der Waals surface area contributed by atoms with Crippen LogP contribution >= 0.6 is 0 Å². The molecule has 5 heteroatoms. The van der Waals surface area contributed by atoms with Crippen LogP contribution in [0.25, 0.3) is 0 Å². The van der Waals surface area contributed by atoms with E-state index in [4.69, 9.17) is 4.74 Å². The van der Waals surface area contributed by atoms with Crippen LogP contribution in [0.15, 0.2) is 36.5 Å². The fourth-order valence-electron chi connectivity index (χ4n) is 1.55. The third-order valence-electron chi connectivity index (χ3n) is 2.58. The molecule has 2 aromatic rings. The van der Waals surface area contributed by atoms with Crippen molar-refractivity contribution in [3.05, 3.63) is 53.5 Å². The van der Waals surface area contributed by atoms with Crippen molar-refractivity contribution in [3.63, 3.8) is 0 Å².